The molecule has 2 aromatic rings. The molecule has 0 atom stereocenters. The minimum Gasteiger partial charge on any atom is -0.348 e. The van der Waals surface area contributed by atoms with Crippen LogP contribution in [-0.2, 0) is 14.1 Å². The normalized spacial score (nSPS) is 20.0. The van der Waals surface area contributed by atoms with Crippen molar-refractivity contribution >= 4 is 11.8 Å². The molecular formula is C20H28N4O2. The molecule has 140 valence electrons. The minimum absolute atomic E-state index is 0.0121. The van der Waals surface area contributed by atoms with Gasteiger partial charge in [-0.25, -0.2) is 0 Å². The van der Waals surface area contributed by atoms with Crippen molar-refractivity contribution in [2.45, 2.75) is 51.6 Å². The predicted molar refractivity (Wildman–Crippen MR) is 101 cm³/mol. The van der Waals surface area contributed by atoms with Crippen LogP contribution in [-0.4, -0.2) is 33.0 Å². The lowest BCUT2D eigenvalue weighted by atomic mass is 9.91. The van der Waals surface area contributed by atoms with Gasteiger partial charge in [0.15, 0.2) is 0 Å². The van der Waals surface area contributed by atoms with Gasteiger partial charge in [-0.15, -0.1) is 0 Å². The summed E-state index contributed by atoms with van der Waals surface area (Å²) in [4.78, 5) is 25.0. The predicted octanol–water partition coefficient (Wildman–Crippen LogP) is 2.45. The summed E-state index contributed by atoms with van der Waals surface area (Å²) in [5.41, 5.74) is 3.42. The Morgan fingerprint density at radius 1 is 0.808 bits per heavy atom. The fraction of sp³-hybridized carbons (Fsp3) is 0.500. The third-order valence-electron chi connectivity index (χ3n) is 5.38. The van der Waals surface area contributed by atoms with E-state index in [1.807, 2.05) is 61.6 Å². The number of hydrogen-bond acceptors (Lipinski definition) is 2. The molecule has 0 unspecified atom stereocenters. The highest BCUT2D eigenvalue weighted by atomic mass is 16.2. The summed E-state index contributed by atoms with van der Waals surface area (Å²) in [6.45, 7) is 3.90. The van der Waals surface area contributed by atoms with E-state index in [-0.39, 0.29) is 23.9 Å². The first-order chi connectivity index (χ1) is 12.4. The molecule has 1 aliphatic rings. The van der Waals surface area contributed by atoms with E-state index in [1.165, 1.54) is 0 Å². The van der Waals surface area contributed by atoms with Crippen molar-refractivity contribution in [3.8, 4) is 0 Å². The number of aryl methyl sites for hydroxylation is 4. The second kappa shape index (κ2) is 7.40. The van der Waals surface area contributed by atoms with Gasteiger partial charge in [-0.2, -0.15) is 0 Å². The van der Waals surface area contributed by atoms with E-state index in [9.17, 15) is 9.59 Å². The van der Waals surface area contributed by atoms with Crippen LogP contribution in [0.2, 0.25) is 0 Å². The Kier molecular flexibility index (Phi) is 5.20. The third kappa shape index (κ3) is 3.69. The van der Waals surface area contributed by atoms with Crippen LogP contribution in [0.5, 0.6) is 0 Å². The Labute approximate surface area is 154 Å². The van der Waals surface area contributed by atoms with Crippen molar-refractivity contribution in [3.05, 3.63) is 47.0 Å². The Bertz CT molecular complexity index is 703. The number of aromatic nitrogens is 2. The van der Waals surface area contributed by atoms with Gasteiger partial charge in [0, 0.05) is 38.6 Å². The standard InChI is InChI=1S/C20H28N4O2/c1-13-9-11-23(3)17(13)19(25)21-15-5-7-16(8-6-15)22-20(26)18-14(2)10-12-24(18)4/h9-12,15-16H,5-8H2,1-4H3,(H,21,25)(H,22,26). The van der Waals surface area contributed by atoms with Crippen molar-refractivity contribution in [3.63, 3.8) is 0 Å². The molecule has 0 aliphatic heterocycles. The zero-order chi connectivity index (χ0) is 18.8. The van der Waals surface area contributed by atoms with Crippen molar-refractivity contribution in [2.75, 3.05) is 0 Å². The van der Waals surface area contributed by atoms with E-state index >= 15 is 0 Å². The molecule has 0 bridgehead atoms. The van der Waals surface area contributed by atoms with Gasteiger partial charge in [0.2, 0.25) is 0 Å². The van der Waals surface area contributed by atoms with Gasteiger partial charge < -0.3 is 19.8 Å². The molecule has 0 aromatic carbocycles. The number of hydrogen-bond donors (Lipinski definition) is 2. The average Bonchev–Trinajstić information content (AvgIpc) is 3.10. The lowest BCUT2D eigenvalue weighted by Crippen LogP contribution is -2.44. The molecule has 1 aliphatic carbocycles. The number of nitrogens with one attached hydrogen (secondary N) is 2. The van der Waals surface area contributed by atoms with Gasteiger partial charge in [0.05, 0.1) is 0 Å². The highest BCUT2D eigenvalue weighted by Gasteiger charge is 2.26. The van der Waals surface area contributed by atoms with E-state index in [0.29, 0.717) is 0 Å². The molecule has 2 amide bonds. The first kappa shape index (κ1) is 18.3. The molecular weight excluding hydrogens is 328 g/mol. The van der Waals surface area contributed by atoms with Crippen LogP contribution in [0, 0.1) is 13.8 Å². The maximum Gasteiger partial charge on any atom is 0.268 e. The smallest absolute Gasteiger partial charge is 0.268 e. The summed E-state index contributed by atoms with van der Waals surface area (Å²) < 4.78 is 3.72. The van der Waals surface area contributed by atoms with E-state index < -0.39 is 0 Å². The summed E-state index contributed by atoms with van der Waals surface area (Å²) in [6, 6.07) is 4.24. The molecule has 1 saturated carbocycles. The number of amides is 2. The number of nitrogens with zero attached hydrogens (tertiary/aromatic N) is 2. The van der Waals surface area contributed by atoms with Gasteiger partial charge in [-0.3, -0.25) is 9.59 Å². The second-order valence-electron chi connectivity index (χ2n) is 7.41. The zero-order valence-electron chi connectivity index (χ0n) is 16.0. The summed E-state index contributed by atoms with van der Waals surface area (Å²) >= 11 is 0. The molecule has 2 aromatic heterocycles. The lowest BCUT2D eigenvalue weighted by molar-refractivity contribution is 0.0883. The Hall–Kier alpha value is -2.50. The van der Waals surface area contributed by atoms with Gasteiger partial charge in [-0.1, -0.05) is 0 Å². The summed E-state index contributed by atoms with van der Waals surface area (Å²) in [5, 5.41) is 6.29. The number of rotatable bonds is 4. The fourth-order valence-electron chi connectivity index (χ4n) is 3.88. The largest absolute Gasteiger partial charge is 0.348 e. The number of carbonyl (C=O) groups is 2. The Morgan fingerprint density at radius 2 is 1.15 bits per heavy atom. The lowest BCUT2D eigenvalue weighted by Gasteiger charge is -2.30. The van der Waals surface area contributed by atoms with Crippen LogP contribution in [0.1, 0.15) is 57.8 Å². The SMILES string of the molecule is Cc1ccn(C)c1C(=O)NC1CCC(NC(=O)c2c(C)ccn2C)CC1. The van der Waals surface area contributed by atoms with E-state index in [1.54, 1.807) is 0 Å². The zero-order valence-corrected chi connectivity index (χ0v) is 16.0. The third-order valence-corrected chi connectivity index (χ3v) is 5.38. The molecule has 0 saturated heterocycles. The molecule has 1 fully saturated rings. The fourth-order valence-corrected chi connectivity index (χ4v) is 3.88. The van der Waals surface area contributed by atoms with Crippen LogP contribution in [0.3, 0.4) is 0 Å². The number of carbonyl (C=O) groups excluding carboxylic acids is 2. The quantitative estimate of drug-likeness (QED) is 0.884. The first-order valence-corrected chi connectivity index (χ1v) is 9.22. The van der Waals surface area contributed by atoms with Crippen molar-refractivity contribution < 1.29 is 9.59 Å². The maximum atomic E-state index is 12.5. The molecule has 26 heavy (non-hydrogen) atoms. The van der Waals surface area contributed by atoms with Crippen LogP contribution in [0.15, 0.2) is 24.5 Å². The summed E-state index contributed by atoms with van der Waals surface area (Å²) in [7, 11) is 3.78. The van der Waals surface area contributed by atoms with Gasteiger partial charge in [0.1, 0.15) is 11.4 Å². The second-order valence-corrected chi connectivity index (χ2v) is 7.41. The molecule has 0 radical (unpaired) electrons. The Morgan fingerprint density at radius 3 is 1.42 bits per heavy atom. The van der Waals surface area contributed by atoms with Crippen molar-refractivity contribution in [2.24, 2.45) is 14.1 Å². The average molecular weight is 356 g/mol. The summed E-state index contributed by atoms with van der Waals surface area (Å²) in [5.74, 6) is -0.0242. The topological polar surface area (TPSA) is 68.1 Å². The molecule has 2 heterocycles. The monoisotopic (exact) mass is 356 g/mol. The van der Waals surface area contributed by atoms with Crippen molar-refractivity contribution in [1.82, 2.24) is 19.8 Å². The summed E-state index contributed by atoms with van der Waals surface area (Å²) in [6.07, 6.45) is 7.33. The van der Waals surface area contributed by atoms with Crippen molar-refractivity contribution in [1.29, 1.82) is 0 Å². The minimum atomic E-state index is -0.0121. The first-order valence-electron chi connectivity index (χ1n) is 9.22. The molecule has 0 spiro atoms. The van der Waals surface area contributed by atoms with Crippen LogP contribution >= 0.6 is 0 Å². The van der Waals surface area contributed by atoms with Gasteiger partial charge in [-0.05, 0) is 62.8 Å². The highest BCUT2D eigenvalue weighted by Crippen LogP contribution is 2.20. The van der Waals surface area contributed by atoms with Gasteiger partial charge in [0.25, 0.3) is 11.8 Å². The van der Waals surface area contributed by atoms with Crippen LogP contribution in [0.4, 0.5) is 0 Å². The molecule has 6 nitrogen and oxygen atoms in total. The molecule has 3 rings (SSSR count). The van der Waals surface area contributed by atoms with E-state index in [0.717, 1.165) is 48.2 Å². The van der Waals surface area contributed by atoms with Crippen LogP contribution < -0.4 is 10.6 Å². The van der Waals surface area contributed by atoms with Gasteiger partial charge >= 0.3 is 0 Å². The highest BCUT2D eigenvalue weighted by molar-refractivity contribution is 5.95. The van der Waals surface area contributed by atoms with E-state index in [2.05, 4.69) is 10.6 Å². The molecule has 2 N–H and O–H groups in total. The maximum absolute atomic E-state index is 12.5. The van der Waals surface area contributed by atoms with Crippen LogP contribution in [0.25, 0.3) is 0 Å². The molecule has 6 heteroatoms. The van der Waals surface area contributed by atoms with E-state index in [4.69, 9.17) is 0 Å². The Balaban J connectivity index is 1.52.